The van der Waals surface area contributed by atoms with Crippen LogP contribution in [0.2, 0.25) is 0 Å². The SMILES string of the molecule is COC1CCCC(Nc2ccccc2C(C)O)C1. The van der Waals surface area contributed by atoms with Gasteiger partial charge in [-0.15, -0.1) is 0 Å². The summed E-state index contributed by atoms with van der Waals surface area (Å²) < 4.78 is 5.45. The van der Waals surface area contributed by atoms with Crippen LogP contribution in [-0.4, -0.2) is 24.4 Å². The lowest BCUT2D eigenvalue weighted by Crippen LogP contribution is -2.31. The largest absolute Gasteiger partial charge is 0.389 e. The number of methoxy groups -OCH3 is 1. The molecule has 1 aromatic carbocycles. The molecule has 0 bridgehead atoms. The number of rotatable bonds is 4. The fourth-order valence-corrected chi connectivity index (χ4v) is 2.70. The minimum Gasteiger partial charge on any atom is -0.389 e. The summed E-state index contributed by atoms with van der Waals surface area (Å²) >= 11 is 0. The molecular formula is C15H23NO2. The van der Waals surface area contributed by atoms with Gasteiger partial charge < -0.3 is 15.2 Å². The van der Waals surface area contributed by atoms with E-state index in [4.69, 9.17) is 4.74 Å². The van der Waals surface area contributed by atoms with Crippen molar-refractivity contribution in [3.63, 3.8) is 0 Å². The third kappa shape index (κ3) is 3.24. The summed E-state index contributed by atoms with van der Waals surface area (Å²) in [5, 5.41) is 13.3. The van der Waals surface area contributed by atoms with Crippen LogP contribution in [0.25, 0.3) is 0 Å². The maximum atomic E-state index is 9.77. The fraction of sp³-hybridized carbons (Fsp3) is 0.600. The average molecular weight is 249 g/mol. The van der Waals surface area contributed by atoms with E-state index < -0.39 is 6.10 Å². The quantitative estimate of drug-likeness (QED) is 0.861. The average Bonchev–Trinajstić information content (AvgIpc) is 2.39. The van der Waals surface area contributed by atoms with Gasteiger partial charge in [-0.1, -0.05) is 18.2 Å². The Bertz CT molecular complexity index is 379. The molecule has 100 valence electrons. The number of benzene rings is 1. The molecule has 0 aliphatic heterocycles. The van der Waals surface area contributed by atoms with E-state index in [1.54, 1.807) is 14.0 Å². The molecule has 1 aliphatic carbocycles. The summed E-state index contributed by atoms with van der Waals surface area (Å²) in [5.41, 5.74) is 2.02. The Morgan fingerprint density at radius 3 is 2.83 bits per heavy atom. The van der Waals surface area contributed by atoms with Crippen molar-refractivity contribution in [3.8, 4) is 0 Å². The predicted octanol–water partition coefficient (Wildman–Crippen LogP) is 3.11. The predicted molar refractivity (Wildman–Crippen MR) is 73.8 cm³/mol. The van der Waals surface area contributed by atoms with Gasteiger partial charge in [0.15, 0.2) is 0 Å². The lowest BCUT2D eigenvalue weighted by molar-refractivity contribution is 0.0669. The molecule has 3 unspecified atom stereocenters. The van der Waals surface area contributed by atoms with Gasteiger partial charge in [0, 0.05) is 24.4 Å². The Morgan fingerprint density at radius 2 is 2.11 bits per heavy atom. The van der Waals surface area contributed by atoms with E-state index in [0.29, 0.717) is 12.1 Å². The third-order valence-electron chi connectivity index (χ3n) is 3.73. The number of para-hydroxylation sites is 1. The number of aliphatic hydroxyl groups excluding tert-OH is 1. The van der Waals surface area contributed by atoms with Crippen LogP contribution in [0, 0.1) is 0 Å². The molecule has 1 aliphatic rings. The van der Waals surface area contributed by atoms with E-state index in [9.17, 15) is 5.11 Å². The minimum atomic E-state index is -0.435. The zero-order chi connectivity index (χ0) is 13.0. The van der Waals surface area contributed by atoms with E-state index in [2.05, 4.69) is 5.32 Å². The fourth-order valence-electron chi connectivity index (χ4n) is 2.70. The van der Waals surface area contributed by atoms with Gasteiger partial charge >= 0.3 is 0 Å². The Balaban J connectivity index is 2.04. The second-order valence-corrected chi connectivity index (χ2v) is 5.13. The van der Waals surface area contributed by atoms with Crippen LogP contribution in [0.4, 0.5) is 5.69 Å². The molecule has 18 heavy (non-hydrogen) atoms. The van der Waals surface area contributed by atoms with Gasteiger partial charge in [-0.3, -0.25) is 0 Å². The van der Waals surface area contributed by atoms with Gasteiger partial charge in [-0.2, -0.15) is 0 Å². The topological polar surface area (TPSA) is 41.5 Å². The van der Waals surface area contributed by atoms with E-state index >= 15 is 0 Å². The smallest absolute Gasteiger partial charge is 0.0781 e. The maximum Gasteiger partial charge on any atom is 0.0781 e. The van der Waals surface area contributed by atoms with Crippen molar-refractivity contribution >= 4 is 5.69 Å². The molecule has 3 nitrogen and oxygen atoms in total. The first-order valence-electron chi connectivity index (χ1n) is 6.77. The second kappa shape index (κ2) is 6.21. The van der Waals surface area contributed by atoms with Gasteiger partial charge in [-0.25, -0.2) is 0 Å². The molecular weight excluding hydrogens is 226 g/mol. The lowest BCUT2D eigenvalue weighted by Gasteiger charge is -2.30. The monoisotopic (exact) mass is 249 g/mol. The molecule has 2 rings (SSSR count). The zero-order valence-electron chi connectivity index (χ0n) is 11.2. The van der Waals surface area contributed by atoms with E-state index in [0.717, 1.165) is 24.1 Å². The van der Waals surface area contributed by atoms with Gasteiger partial charge in [0.2, 0.25) is 0 Å². The molecule has 0 heterocycles. The van der Waals surface area contributed by atoms with Crippen LogP contribution in [0.3, 0.4) is 0 Å². The number of nitrogens with one attached hydrogen (secondary N) is 1. The molecule has 0 spiro atoms. The van der Waals surface area contributed by atoms with Crippen LogP contribution >= 0.6 is 0 Å². The van der Waals surface area contributed by atoms with E-state index in [-0.39, 0.29) is 0 Å². The number of aliphatic hydroxyl groups is 1. The number of anilines is 1. The van der Waals surface area contributed by atoms with Gasteiger partial charge in [0.1, 0.15) is 0 Å². The van der Waals surface area contributed by atoms with Crippen LogP contribution < -0.4 is 5.32 Å². The zero-order valence-corrected chi connectivity index (χ0v) is 11.2. The second-order valence-electron chi connectivity index (χ2n) is 5.13. The first-order valence-corrected chi connectivity index (χ1v) is 6.77. The summed E-state index contributed by atoms with van der Waals surface area (Å²) in [5.74, 6) is 0. The first-order chi connectivity index (χ1) is 8.70. The Morgan fingerprint density at radius 1 is 1.33 bits per heavy atom. The summed E-state index contributed by atoms with van der Waals surface area (Å²) in [6.07, 6.45) is 4.52. The Kier molecular flexibility index (Phi) is 4.61. The third-order valence-corrected chi connectivity index (χ3v) is 3.73. The van der Waals surface area contributed by atoms with Crippen LogP contribution in [0.15, 0.2) is 24.3 Å². The van der Waals surface area contributed by atoms with Crippen molar-refractivity contribution in [3.05, 3.63) is 29.8 Å². The summed E-state index contributed by atoms with van der Waals surface area (Å²) in [6.45, 7) is 1.80. The van der Waals surface area contributed by atoms with Crippen molar-refractivity contribution in [2.75, 3.05) is 12.4 Å². The molecule has 2 N–H and O–H groups in total. The van der Waals surface area contributed by atoms with E-state index in [1.807, 2.05) is 24.3 Å². The molecule has 0 radical (unpaired) electrons. The number of hydrogen-bond donors (Lipinski definition) is 2. The van der Waals surface area contributed by atoms with Crippen LogP contribution in [-0.2, 0) is 4.74 Å². The van der Waals surface area contributed by atoms with Crippen molar-refractivity contribution in [1.29, 1.82) is 0 Å². The molecule has 1 fully saturated rings. The van der Waals surface area contributed by atoms with E-state index in [1.165, 1.54) is 12.8 Å². The Labute approximate surface area is 109 Å². The van der Waals surface area contributed by atoms with Crippen molar-refractivity contribution in [2.24, 2.45) is 0 Å². The molecule has 0 amide bonds. The molecule has 3 heteroatoms. The van der Waals surface area contributed by atoms with Crippen LogP contribution in [0.1, 0.15) is 44.3 Å². The van der Waals surface area contributed by atoms with Gasteiger partial charge in [-0.05, 0) is 38.7 Å². The molecule has 0 aromatic heterocycles. The maximum absolute atomic E-state index is 9.77. The minimum absolute atomic E-state index is 0.370. The molecule has 0 saturated heterocycles. The van der Waals surface area contributed by atoms with Gasteiger partial charge in [0.05, 0.1) is 12.2 Å². The Hall–Kier alpha value is -1.06. The summed E-state index contributed by atoms with van der Waals surface area (Å²) in [4.78, 5) is 0. The summed E-state index contributed by atoms with van der Waals surface area (Å²) in [7, 11) is 1.79. The highest BCUT2D eigenvalue weighted by atomic mass is 16.5. The normalized spacial score (nSPS) is 25.7. The van der Waals surface area contributed by atoms with Crippen molar-refractivity contribution in [2.45, 2.75) is 50.9 Å². The van der Waals surface area contributed by atoms with Crippen LogP contribution in [0.5, 0.6) is 0 Å². The summed E-state index contributed by atoms with van der Waals surface area (Å²) in [6, 6.07) is 8.43. The highest BCUT2D eigenvalue weighted by Crippen LogP contribution is 2.27. The molecule has 1 saturated carbocycles. The van der Waals surface area contributed by atoms with Crippen molar-refractivity contribution in [1.82, 2.24) is 0 Å². The lowest BCUT2D eigenvalue weighted by atomic mass is 9.92. The molecule has 3 atom stereocenters. The number of hydrogen-bond acceptors (Lipinski definition) is 3. The highest BCUT2D eigenvalue weighted by Gasteiger charge is 2.22. The highest BCUT2D eigenvalue weighted by molar-refractivity contribution is 5.52. The first kappa shape index (κ1) is 13.4. The van der Waals surface area contributed by atoms with Gasteiger partial charge in [0.25, 0.3) is 0 Å². The van der Waals surface area contributed by atoms with Crippen molar-refractivity contribution < 1.29 is 9.84 Å². The standard InChI is InChI=1S/C15H23NO2/c1-11(17)14-8-3-4-9-15(14)16-12-6-5-7-13(10-12)18-2/h3-4,8-9,11-13,16-17H,5-7,10H2,1-2H3. The molecule has 1 aromatic rings. The number of ether oxygens (including phenoxy) is 1.